The van der Waals surface area contributed by atoms with Gasteiger partial charge in [0.05, 0.1) is 6.33 Å². The predicted molar refractivity (Wildman–Crippen MR) is 242 cm³/mol. The number of anilines is 2. The number of nitrogens with one attached hydrogen (secondary N) is 1. The first kappa shape index (κ1) is 45.7. The van der Waals surface area contributed by atoms with Gasteiger partial charge in [-0.25, -0.2) is 19.9 Å². The van der Waals surface area contributed by atoms with Gasteiger partial charge < -0.3 is 30.7 Å². The van der Waals surface area contributed by atoms with Crippen molar-refractivity contribution >= 4 is 34.5 Å². The number of nitrogen functional groups attached to an aromatic ring is 2. The van der Waals surface area contributed by atoms with E-state index < -0.39 is 0 Å². The summed E-state index contributed by atoms with van der Waals surface area (Å²) in [6.07, 6.45) is 6.47. The quantitative estimate of drug-likeness (QED) is 0.0831. The number of halogens is 1. The minimum Gasteiger partial charge on any atom is -0.473 e. The van der Waals surface area contributed by atoms with Gasteiger partial charge in [0.1, 0.15) is 42.1 Å². The molecule has 4 aromatic heterocycles. The lowest BCUT2D eigenvalue weighted by atomic mass is 10.0. The van der Waals surface area contributed by atoms with E-state index in [2.05, 4.69) is 154 Å². The van der Waals surface area contributed by atoms with Crippen LogP contribution in [0.4, 0.5) is 11.8 Å². The zero-order chi connectivity index (χ0) is 43.7. The molecule has 13 nitrogen and oxygen atoms in total. The van der Waals surface area contributed by atoms with Gasteiger partial charge in [0.15, 0.2) is 5.65 Å². The fourth-order valence-corrected chi connectivity index (χ4v) is 6.29. The molecular weight excluding hydrogens is 788 g/mol. The van der Waals surface area contributed by atoms with Gasteiger partial charge >= 0.3 is 6.01 Å². The molecule has 3 aromatic carbocycles. The number of aryl methyl sites for hydroxylation is 1. The van der Waals surface area contributed by atoms with E-state index in [0.29, 0.717) is 72.6 Å². The third-order valence-electron chi connectivity index (χ3n) is 8.84. The van der Waals surface area contributed by atoms with E-state index in [1.165, 1.54) is 16.7 Å². The highest BCUT2D eigenvalue weighted by atomic mass is 35.5. The minimum atomic E-state index is 0.111. The molecule has 0 aliphatic heterocycles. The Morgan fingerprint density at radius 3 is 1.56 bits per heavy atom. The first-order valence-corrected chi connectivity index (χ1v) is 20.8. The van der Waals surface area contributed by atoms with Crippen molar-refractivity contribution in [3.05, 3.63) is 142 Å². The number of fused-ring (bicyclic) bond motifs is 1. The Morgan fingerprint density at radius 2 is 1.07 bits per heavy atom. The van der Waals surface area contributed by atoms with Crippen LogP contribution in [0, 0.1) is 24.7 Å². The Labute approximate surface area is 363 Å². The van der Waals surface area contributed by atoms with E-state index in [-0.39, 0.29) is 11.1 Å². The monoisotopic (exact) mass is 844 g/mol. The summed E-state index contributed by atoms with van der Waals surface area (Å²) >= 11 is 5.79. The van der Waals surface area contributed by atoms with Crippen LogP contribution in [0.3, 0.4) is 0 Å². The van der Waals surface area contributed by atoms with Gasteiger partial charge in [0, 0.05) is 12.3 Å². The average molecular weight is 845 g/mol. The molecule has 0 saturated heterocycles. The number of nitrogens with two attached hydrogens (primary N) is 2. The van der Waals surface area contributed by atoms with Crippen LogP contribution in [-0.2, 0) is 39.1 Å². The zero-order valence-electron chi connectivity index (χ0n) is 36.1. The number of H-pyrrole nitrogens is 1. The number of hydrogen-bond donors (Lipinski definition) is 3. The van der Waals surface area contributed by atoms with Crippen molar-refractivity contribution in [2.45, 2.75) is 87.5 Å². The molecule has 0 saturated carbocycles. The summed E-state index contributed by atoms with van der Waals surface area (Å²) in [5.41, 5.74) is 19.8. The van der Waals surface area contributed by atoms with Crippen LogP contribution in [0.25, 0.3) is 11.2 Å². The number of aromatic nitrogens is 8. The van der Waals surface area contributed by atoms with Crippen LogP contribution in [0.5, 0.6) is 17.8 Å². The Bertz CT molecular complexity index is 2370. The summed E-state index contributed by atoms with van der Waals surface area (Å²) in [5, 5.41) is 0.278. The van der Waals surface area contributed by atoms with E-state index in [1.54, 1.807) is 24.7 Å². The molecule has 4 heterocycles. The Kier molecular flexibility index (Phi) is 17.1. The summed E-state index contributed by atoms with van der Waals surface area (Å²) in [6, 6.07) is 28.8. The highest BCUT2D eigenvalue weighted by Gasteiger charge is 2.10. The minimum absolute atomic E-state index is 0.111. The molecule has 7 rings (SSSR count). The van der Waals surface area contributed by atoms with Crippen LogP contribution in [-0.4, -0.2) is 39.9 Å². The second-order valence-electron chi connectivity index (χ2n) is 15.9. The molecule has 0 fully saturated rings. The van der Waals surface area contributed by atoms with E-state index in [9.17, 15) is 0 Å². The Hall–Kier alpha value is -6.34. The number of rotatable bonds is 15. The predicted octanol–water partition coefficient (Wildman–Crippen LogP) is 9.76. The van der Waals surface area contributed by atoms with Crippen LogP contribution in [0.15, 0.2) is 97.5 Å². The first-order chi connectivity index (χ1) is 29.3. The highest BCUT2D eigenvalue weighted by molar-refractivity contribution is 6.29. The fourth-order valence-electron chi connectivity index (χ4n) is 6.11. The number of benzene rings is 3. The molecular formula is C47H57ClN10O3. The average Bonchev–Trinajstić information content (AvgIpc) is 3.68. The van der Waals surface area contributed by atoms with Crippen LogP contribution < -0.4 is 25.7 Å². The number of imidazole rings is 1. The van der Waals surface area contributed by atoms with Crippen LogP contribution in [0.1, 0.15) is 80.7 Å². The number of nitrogens with zero attached hydrogens (tertiary/aromatic N) is 7. The van der Waals surface area contributed by atoms with E-state index in [4.69, 9.17) is 37.3 Å². The topological polar surface area (TPSA) is 186 Å². The normalized spacial score (nSPS) is 10.9. The smallest absolute Gasteiger partial charge is 0.318 e. The van der Waals surface area contributed by atoms with Gasteiger partial charge in [-0.15, -0.1) is 0 Å². The number of hydrogen-bond acceptors (Lipinski definition) is 12. The standard InChI is InChI=1S/C17H20N4O.C15H18ClN3O.C15H19N3O/c1-11(2)8-13-4-6-14(7-5-13)9-22-17-15-16(19-10-18-15)20-12(3)21-17;1-10(2)7-11-3-5-12(6-4-11)9-20-14-8-13(16)18-15(17)19-14;1-11(2)9-12-3-5-13(6-4-12)10-19-15-17-8-7-14(16)18-15/h4-7,10-11H,8-9H2,1-3H3,(H,18,19,20,21);3-6,8,10H,7,9H2,1-2H3,(H2,17,18,19);3-8,11H,9-10H2,1-2H3,(H2,16,17,18). The zero-order valence-corrected chi connectivity index (χ0v) is 36.9. The van der Waals surface area contributed by atoms with Crippen LogP contribution >= 0.6 is 11.6 Å². The molecule has 0 aliphatic carbocycles. The van der Waals surface area contributed by atoms with E-state index >= 15 is 0 Å². The SMILES string of the molecule is CC(C)Cc1ccc(COc2cc(Cl)nc(N)n2)cc1.CC(C)Cc1ccc(COc2nccc(N)n2)cc1.Cc1nc(OCc2ccc(CC(C)C)cc2)c2[nH]cnc2n1. The summed E-state index contributed by atoms with van der Waals surface area (Å²) in [4.78, 5) is 31.5. The van der Waals surface area contributed by atoms with Gasteiger partial charge in [-0.3, -0.25) is 0 Å². The van der Waals surface area contributed by atoms with Gasteiger partial charge in [0.25, 0.3) is 0 Å². The molecule has 14 heteroatoms. The van der Waals surface area contributed by atoms with Crippen molar-refractivity contribution in [3.63, 3.8) is 0 Å². The van der Waals surface area contributed by atoms with E-state index in [0.717, 1.165) is 41.5 Å². The molecule has 0 unspecified atom stereocenters. The lowest BCUT2D eigenvalue weighted by molar-refractivity contribution is 0.281. The van der Waals surface area contributed by atoms with Gasteiger partial charge in [-0.2, -0.15) is 15.0 Å². The molecule has 0 aliphatic rings. The van der Waals surface area contributed by atoms with E-state index in [1.807, 2.05) is 6.92 Å². The van der Waals surface area contributed by atoms with Crippen molar-refractivity contribution < 1.29 is 14.2 Å². The molecule has 5 N–H and O–H groups in total. The molecule has 0 atom stereocenters. The Balaban J connectivity index is 0.000000174. The van der Waals surface area contributed by atoms with Crippen LogP contribution in [0.2, 0.25) is 5.15 Å². The number of ether oxygens (including phenoxy) is 3. The Morgan fingerprint density at radius 1 is 0.574 bits per heavy atom. The molecule has 0 bridgehead atoms. The van der Waals surface area contributed by atoms with Crippen molar-refractivity contribution in [1.29, 1.82) is 0 Å². The van der Waals surface area contributed by atoms with Gasteiger partial charge in [-0.05, 0) is 83.4 Å². The van der Waals surface area contributed by atoms with Crippen molar-refractivity contribution in [1.82, 2.24) is 39.9 Å². The third-order valence-corrected chi connectivity index (χ3v) is 9.03. The molecule has 7 aromatic rings. The maximum absolute atomic E-state index is 5.84. The highest BCUT2D eigenvalue weighted by Crippen LogP contribution is 2.21. The summed E-state index contributed by atoms with van der Waals surface area (Å²) in [6.45, 7) is 16.5. The summed E-state index contributed by atoms with van der Waals surface area (Å²) in [7, 11) is 0. The lowest BCUT2D eigenvalue weighted by Crippen LogP contribution is -2.01. The van der Waals surface area contributed by atoms with Crippen molar-refractivity contribution in [2.75, 3.05) is 11.5 Å². The lowest BCUT2D eigenvalue weighted by Gasteiger charge is -2.08. The summed E-state index contributed by atoms with van der Waals surface area (Å²) < 4.78 is 16.9. The molecule has 0 radical (unpaired) electrons. The molecule has 0 amide bonds. The second kappa shape index (κ2) is 22.9. The fraction of sp³-hybridized carbons (Fsp3) is 0.340. The molecule has 320 valence electrons. The van der Waals surface area contributed by atoms with Gasteiger partial charge in [0.2, 0.25) is 17.7 Å². The van der Waals surface area contributed by atoms with Gasteiger partial charge in [-0.1, -0.05) is 126 Å². The second-order valence-corrected chi connectivity index (χ2v) is 16.3. The third kappa shape index (κ3) is 16.0. The first-order valence-electron chi connectivity index (χ1n) is 20.5. The molecule has 0 spiro atoms. The largest absolute Gasteiger partial charge is 0.473 e. The molecule has 61 heavy (non-hydrogen) atoms. The maximum Gasteiger partial charge on any atom is 0.318 e. The maximum atomic E-state index is 5.84. The van der Waals surface area contributed by atoms with Crippen molar-refractivity contribution in [3.8, 4) is 17.8 Å². The number of aromatic amines is 1. The van der Waals surface area contributed by atoms with Crippen molar-refractivity contribution in [2.24, 2.45) is 17.8 Å². The summed E-state index contributed by atoms with van der Waals surface area (Å²) in [5.74, 6) is 4.10.